The van der Waals surface area contributed by atoms with Crippen LogP contribution in [0.4, 0.5) is 0 Å². The van der Waals surface area contributed by atoms with Crippen LogP contribution >= 0.6 is 0 Å². The Labute approximate surface area is 132 Å². The molecule has 0 aliphatic heterocycles. The molecule has 0 aliphatic rings. The van der Waals surface area contributed by atoms with Gasteiger partial charge in [-0.05, 0) is 41.0 Å². The molecule has 0 heterocycles. The maximum atomic E-state index is 4.25. The van der Waals surface area contributed by atoms with Crippen LogP contribution in [0.3, 0.4) is 0 Å². The Morgan fingerprint density at radius 3 is 2.45 bits per heavy atom. The molecule has 0 aliphatic carbocycles. The minimum atomic E-state index is 0.859. The van der Waals surface area contributed by atoms with Crippen molar-refractivity contribution in [1.29, 1.82) is 0 Å². The predicted molar refractivity (Wildman–Crippen MR) is 95.6 cm³/mol. The lowest BCUT2D eigenvalue weighted by Crippen LogP contribution is -2.15. The van der Waals surface area contributed by atoms with E-state index in [1.54, 1.807) is 0 Å². The van der Waals surface area contributed by atoms with Gasteiger partial charge in [0.05, 0.1) is 0 Å². The molecule has 0 amide bonds. The van der Waals surface area contributed by atoms with Crippen molar-refractivity contribution < 1.29 is 0 Å². The molecule has 1 nitrogen and oxygen atoms in total. The monoisotopic (exact) mass is 287 g/mol. The zero-order chi connectivity index (χ0) is 15.5. The fraction of sp³-hybridized carbons (Fsp3) is 0.143. The van der Waals surface area contributed by atoms with E-state index in [9.17, 15) is 0 Å². The van der Waals surface area contributed by atoms with Gasteiger partial charge in [-0.2, -0.15) is 0 Å². The third-order valence-corrected chi connectivity index (χ3v) is 4.05. The average molecular weight is 287 g/mol. The van der Waals surface area contributed by atoms with Crippen LogP contribution in [-0.4, -0.2) is 11.9 Å². The number of aryl methyl sites for hydroxylation is 1. The van der Waals surface area contributed by atoms with Crippen molar-refractivity contribution in [2.75, 3.05) is 7.05 Å². The predicted octanol–water partition coefficient (Wildman–Crippen LogP) is 5.25. The molecule has 0 radical (unpaired) electrons. The summed E-state index contributed by atoms with van der Waals surface area (Å²) in [6.07, 6.45) is 0. The number of nitrogens with zero attached hydrogens (tertiary/aromatic N) is 1. The maximum absolute atomic E-state index is 4.25. The molecule has 0 aromatic heterocycles. The summed E-state index contributed by atoms with van der Waals surface area (Å²) in [5, 5.41) is 2.57. The minimum Gasteiger partial charge on any atom is -0.370 e. The van der Waals surface area contributed by atoms with Gasteiger partial charge in [-0.3, -0.25) is 0 Å². The van der Waals surface area contributed by atoms with Gasteiger partial charge in [0.25, 0.3) is 0 Å². The van der Waals surface area contributed by atoms with Crippen molar-refractivity contribution in [3.05, 3.63) is 90.0 Å². The maximum Gasteiger partial charge on any atom is 0.0426 e. The van der Waals surface area contributed by atoms with Crippen molar-refractivity contribution in [3.8, 4) is 0 Å². The highest BCUT2D eigenvalue weighted by Gasteiger charge is 2.06. The summed E-state index contributed by atoms with van der Waals surface area (Å²) in [7, 11) is 2.10. The van der Waals surface area contributed by atoms with Crippen LogP contribution in [0, 0.1) is 6.92 Å². The van der Waals surface area contributed by atoms with Gasteiger partial charge in [0.15, 0.2) is 0 Å². The molecule has 3 rings (SSSR count). The van der Waals surface area contributed by atoms with Gasteiger partial charge in [0.2, 0.25) is 0 Å². The van der Waals surface area contributed by atoms with Crippen LogP contribution in [0.15, 0.2) is 73.3 Å². The number of rotatable bonds is 4. The van der Waals surface area contributed by atoms with Crippen molar-refractivity contribution in [2.45, 2.75) is 13.5 Å². The second kappa shape index (κ2) is 6.07. The molecule has 3 aromatic rings. The summed E-state index contributed by atoms with van der Waals surface area (Å²) in [5.74, 6) is 0. The van der Waals surface area contributed by atoms with E-state index in [2.05, 4.69) is 92.2 Å². The molecule has 3 aromatic carbocycles. The highest BCUT2D eigenvalue weighted by Crippen LogP contribution is 2.21. The SMILES string of the molecule is C=C(c1cccc(C)c1)N(C)Cc1ccc2ccccc2c1. The molecule has 0 unspecified atom stereocenters. The van der Waals surface area contributed by atoms with Gasteiger partial charge in [-0.25, -0.2) is 0 Å². The standard InChI is InChI=1S/C21H21N/c1-16-7-6-10-20(13-16)17(2)22(3)15-18-11-12-19-8-4-5-9-21(19)14-18/h4-14H,2,15H2,1,3H3. The van der Waals surface area contributed by atoms with Crippen molar-refractivity contribution in [3.63, 3.8) is 0 Å². The molecule has 0 atom stereocenters. The fourth-order valence-corrected chi connectivity index (χ4v) is 2.75. The molecule has 0 saturated carbocycles. The van der Waals surface area contributed by atoms with Gasteiger partial charge < -0.3 is 4.90 Å². The second-order valence-corrected chi connectivity index (χ2v) is 5.85. The van der Waals surface area contributed by atoms with E-state index in [1.165, 1.54) is 27.5 Å². The summed E-state index contributed by atoms with van der Waals surface area (Å²) in [6.45, 7) is 7.22. The van der Waals surface area contributed by atoms with E-state index < -0.39 is 0 Å². The summed E-state index contributed by atoms with van der Waals surface area (Å²) in [4.78, 5) is 2.21. The third-order valence-electron chi connectivity index (χ3n) is 4.05. The number of hydrogen-bond donors (Lipinski definition) is 0. The first-order valence-corrected chi connectivity index (χ1v) is 7.58. The molecule has 110 valence electrons. The van der Waals surface area contributed by atoms with E-state index in [1.807, 2.05) is 0 Å². The van der Waals surface area contributed by atoms with Crippen LogP contribution in [0.25, 0.3) is 16.5 Å². The highest BCUT2D eigenvalue weighted by molar-refractivity contribution is 5.83. The Morgan fingerprint density at radius 2 is 1.68 bits per heavy atom. The molecular weight excluding hydrogens is 266 g/mol. The molecule has 0 N–H and O–H groups in total. The Hall–Kier alpha value is -2.54. The molecule has 22 heavy (non-hydrogen) atoms. The first-order valence-electron chi connectivity index (χ1n) is 7.58. The van der Waals surface area contributed by atoms with Crippen LogP contribution in [-0.2, 0) is 6.54 Å². The van der Waals surface area contributed by atoms with Gasteiger partial charge in [-0.1, -0.05) is 66.7 Å². The van der Waals surface area contributed by atoms with E-state index >= 15 is 0 Å². The van der Waals surface area contributed by atoms with Crippen LogP contribution in [0.5, 0.6) is 0 Å². The zero-order valence-electron chi connectivity index (χ0n) is 13.2. The molecular formula is C21H21N. The van der Waals surface area contributed by atoms with Crippen LogP contribution < -0.4 is 0 Å². The second-order valence-electron chi connectivity index (χ2n) is 5.85. The number of hydrogen-bond acceptors (Lipinski definition) is 1. The summed E-state index contributed by atoms with van der Waals surface area (Å²) in [6, 6.07) is 23.6. The Morgan fingerprint density at radius 1 is 0.909 bits per heavy atom. The van der Waals surface area contributed by atoms with Crippen molar-refractivity contribution in [2.24, 2.45) is 0 Å². The number of benzene rings is 3. The topological polar surface area (TPSA) is 3.24 Å². The quantitative estimate of drug-likeness (QED) is 0.633. The third kappa shape index (κ3) is 3.04. The van der Waals surface area contributed by atoms with Crippen molar-refractivity contribution in [1.82, 2.24) is 4.90 Å². The molecule has 0 saturated heterocycles. The smallest absolute Gasteiger partial charge is 0.0426 e. The van der Waals surface area contributed by atoms with E-state index in [-0.39, 0.29) is 0 Å². The normalized spacial score (nSPS) is 10.6. The Balaban J connectivity index is 1.80. The average Bonchev–Trinajstić information content (AvgIpc) is 2.54. The summed E-state index contributed by atoms with van der Waals surface area (Å²) < 4.78 is 0. The van der Waals surface area contributed by atoms with Gasteiger partial charge >= 0.3 is 0 Å². The van der Waals surface area contributed by atoms with E-state index in [0.717, 1.165) is 12.2 Å². The van der Waals surface area contributed by atoms with Gasteiger partial charge in [0, 0.05) is 19.3 Å². The Bertz CT molecular complexity index is 817. The largest absolute Gasteiger partial charge is 0.370 e. The van der Waals surface area contributed by atoms with E-state index in [0.29, 0.717) is 0 Å². The summed E-state index contributed by atoms with van der Waals surface area (Å²) >= 11 is 0. The van der Waals surface area contributed by atoms with Gasteiger partial charge in [-0.15, -0.1) is 0 Å². The molecule has 0 bridgehead atoms. The van der Waals surface area contributed by atoms with Gasteiger partial charge in [0.1, 0.15) is 0 Å². The van der Waals surface area contributed by atoms with E-state index in [4.69, 9.17) is 0 Å². The molecule has 0 spiro atoms. The highest BCUT2D eigenvalue weighted by atomic mass is 15.1. The lowest BCUT2D eigenvalue weighted by molar-refractivity contribution is 0.476. The number of fused-ring (bicyclic) bond motifs is 1. The Kier molecular flexibility index (Phi) is 3.97. The fourth-order valence-electron chi connectivity index (χ4n) is 2.75. The lowest BCUT2D eigenvalue weighted by Gasteiger charge is -2.22. The first-order chi connectivity index (χ1) is 10.6. The zero-order valence-corrected chi connectivity index (χ0v) is 13.2. The van der Waals surface area contributed by atoms with Crippen molar-refractivity contribution >= 4 is 16.5 Å². The van der Waals surface area contributed by atoms with Crippen LogP contribution in [0.2, 0.25) is 0 Å². The first kappa shape index (κ1) is 14.4. The molecule has 0 fully saturated rings. The lowest BCUT2D eigenvalue weighted by atomic mass is 10.1. The van der Waals surface area contributed by atoms with Crippen LogP contribution in [0.1, 0.15) is 16.7 Å². The minimum absolute atomic E-state index is 0.859. The molecule has 1 heteroatoms. The summed E-state index contributed by atoms with van der Waals surface area (Å²) in [5.41, 5.74) is 4.80.